The molecule has 17 heavy (non-hydrogen) atoms. The lowest BCUT2D eigenvalue weighted by atomic mass is 10.3. The summed E-state index contributed by atoms with van der Waals surface area (Å²) < 4.78 is 0. The molecule has 0 spiro atoms. The first-order chi connectivity index (χ1) is 8.31. The maximum atomic E-state index is 8.87. The van der Waals surface area contributed by atoms with Gasteiger partial charge in [-0.3, -0.25) is 15.2 Å². The molecule has 2 heterocycles. The van der Waals surface area contributed by atoms with Crippen LogP contribution in [0.4, 0.5) is 5.13 Å². The number of nitrogen functional groups attached to an aromatic ring is 1. The van der Waals surface area contributed by atoms with Gasteiger partial charge in [-0.05, 0) is 0 Å². The molecule has 2 rings (SSSR count). The second-order valence-electron chi connectivity index (χ2n) is 4.12. The largest absolute Gasteiger partial charge is 0.395 e. The average molecular weight is 257 g/mol. The Balaban J connectivity index is 1.77. The van der Waals surface area contributed by atoms with Gasteiger partial charge < -0.3 is 5.11 Å². The lowest BCUT2D eigenvalue weighted by Crippen LogP contribution is -2.46. The monoisotopic (exact) mass is 257 g/mol. The SMILES string of the molecule is NNc1ncc(CN2CCN(CCO)CC2)s1. The summed E-state index contributed by atoms with van der Waals surface area (Å²) in [4.78, 5) is 10.1. The van der Waals surface area contributed by atoms with Crippen molar-refractivity contribution in [2.75, 3.05) is 44.8 Å². The summed E-state index contributed by atoms with van der Waals surface area (Å²) in [5.74, 6) is 5.30. The van der Waals surface area contributed by atoms with Crippen LogP contribution in [-0.4, -0.2) is 59.2 Å². The first-order valence-corrected chi connectivity index (χ1v) is 6.60. The minimum absolute atomic E-state index is 0.250. The van der Waals surface area contributed by atoms with Gasteiger partial charge in [0, 0.05) is 50.3 Å². The number of aliphatic hydroxyl groups excluding tert-OH is 1. The molecular formula is C10H19N5OS. The first kappa shape index (κ1) is 12.7. The number of anilines is 1. The molecular weight excluding hydrogens is 238 g/mol. The summed E-state index contributed by atoms with van der Waals surface area (Å²) in [6, 6.07) is 0. The van der Waals surface area contributed by atoms with Crippen molar-refractivity contribution in [3.63, 3.8) is 0 Å². The predicted octanol–water partition coefficient (Wildman–Crippen LogP) is -0.461. The molecule has 1 saturated heterocycles. The summed E-state index contributed by atoms with van der Waals surface area (Å²) in [5.41, 5.74) is 2.56. The molecule has 1 fully saturated rings. The number of hydrogen-bond acceptors (Lipinski definition) is 7. The van der Waals surface area contributed by atoms with E-state index >= 15 is 0 Å². The Kier molecular flexibility index (Phi) is 4.69. The van der Waals surface area contributed by atoms with Crippen LogP contribution in [0.2, 0.25) is 0 Å². The van der Waals surface area contributed by atoms with Crippen molar-refractivity contribution >= 4 is 16.5 Å². The molecule has 1 aliphatic rings. The minimum Gasteiger partial charge on any atom is -0.395 e. The van der Waals surface area contributed by atoms with Crippen molar-refractivity contribution < 1.29 is 5.11 Å². The van der Waals surface area contributed by atoms with E-state index in [1.807, 2.05) is 6.20 Å². The van der Waals surface area contributed by atoms with E-state index in [1.165, 1.54) is 4.88 Å². The van der Waals surface area contributed by atoms with Gasteiger partial charge >= 0.3 is 0 Å². The first-order valence-electron chi connectivity index (χ1n) is 5.78. The average Bonchev–Trinajstić information content (AvgIpc) is 2.80. The molecule has 7 heteroatoms. The molecule has 0 aliphatic carbocycles. The number of β-amino-alcohol motifs (C(OH)–C–C–N with tert-alkyl or cyclic N) is 1. The van der Waals surface area contributed by atoms with Crippen LogP contribution in [0, 0.1) is 0 Å². The second-order valence-corrected chi connectivity index (χ2v) is 5.23. The smallest absolute Gasteiger partial charge is 0.197 e. The third kappa shape index (κ3) is 3.62. The molecule has 1 aromatic heterocycles. The fourth-order valence-corrected chi connectivity index (χ4v) is 2.75. The van der Waals surface area contributed by atoms with Crippen molar-refractivity contribution in [1.29, 1.82) is 0 Å². The number of thiazole rings is 1. The van der Waals surface area contributed by atoms with Gasteiger partial charge in [-0.25, -0.2) is 10.8 Å². The summed E-state index contributed by atoms with van der Waals surface area (Å²) in [5, 5.41) is 9.63. The number of aromatic nitrogens is 1. The number of nitrogens with zero attached hydrogens (tertiary/aromatic N) is 3. The van der Waals surface area contributed by atoms with Gasteiger partial charge in [-0.15, -0.1) is 0 Å². The van der Waals surface area contributed by atoms with Gasteiger partial charge in [0.15, 0.2) is 5.13 Å². The number of hydrogen-bond donors (Lipinski definition) is 3. The van der Waals surface area contributed by atoms with E-state index in [9.17, 15) is 0 Å². The fourth-order valence-electron chi connectivity index (χ4n) is 1.98. The van der Waals surface area contributed by atoms with Crippen molar-refractivity contribution in [3.05, 3.63) is 11.1 Å². The summed E-state index contributed by atoms with van der Waals surface area (Å²) in [6.07, 6.45) is 1.87. The van der Waals surface area contributed by atoms with E-state index in [-0.39, 0.29) is 6.61 Å². The van der Waals surface area contributed by atoms with E-state index in [4.69, 9.17) is 10.9 Å². The molecule has 0 unspecified atom stereocenters. The third-order valence-electron chi connectivity index (χ3n) is 2.94. The van der Waals surface area contributed by atoms with Gasteiger partial charge in [0.2, 0.25) is 0 Å². The standard InChI is InChI=1S/C10H19N5OS/c11-13-10-12-7-9(17-10)8-15-3-1-14(2-4-15)5-6-16/h7,16H,1-6,8,11H2,(H,12,13). The van der Waals surface area contributed by atoms with E-state index in [1.54, 1.807) is 11.3 Å². The Morgan fingerprint density at radius 3 is 2.65 bits per heavy atom. The number of rotatable bonds is 5. The van der Waals surface area contributed by atoms with Gasteiger partial charge in [0.1, 0.15) is 0 Å². The maximum Gasteiger partial charge on any atom is 0.197 e. The van der Waals surface area contributed by atoms with Crippen LogP contribution in [0.1, 0.15) is 4.88 Å². The highest BCUT2D eigenvalue weighted by molar-refractivity contribution is 7.15. The van der Waals surface area contributed by atoms with Gasteiger partial charge in [0.05, 0.1) is 6.61 Å². The van der Waals surface area contributed by atoms with Gasteiger partial charge in [-0.1, -0.05) is 11.3 Å². The topological polar surface area (TPSA) is 77.7 Å². The quantitative estimate of drug-likeness (QED) is 0.489. The third-order valence-corrected chi connectivity index (χ3v) is 3.85. The zero-order chi connectivity index (χ0) is 12.1. The molecule has 1 aliphatic heterocycles. The summed E-state index contributed by atoms with van der Waals surface area (Å²) >= 11 is 1.60. The Morgan fingerprint density at radius 2 is 2.06 bits per heavy atom. The Morgan fingerprint density at radius 1 is 1.35 bits per heavy atom. The molecule has 0 saturated carbocycles. The maximum absolute atomic E-state index is 8.87. The number of hydrazine groups is 1. The summed E-state index contributed by atoms with van der Waals surface area (Å²) in [7, 11) is 0. The van der Waals surface area contributed by atoms with Crippen LogP contribution >= 0.6 is 11.3 Å². The number of nitrogens with one attached hydrogen (secondary N) is 1. The Hall–Kier alpha value is -0.730. The van der Waals surface area contributed by atoms with Gasteiger partial charge in [-0.2, -0.15) is 0 Å². The molecule has 0 aromatic carbocycles. The molecule has 96 valence electrons. The minimum atomic E-state index is 0.250. The van der Waals surface area contributed by atoms with E-state index in [0.29, 0.717) is 0 Å². The number of nitrogens with two attached hydrogens (primary N) is 1. The molecule has 0 radical (unpaired) electrons. The zero-order valence-electron chi connectivity index (χ0n) is 9.80. The Bertz CT molecular complexity index is 337. The van der Waals surface area contributed by atoms with Crippen molar-refractivity contribution in [2.24, 2.45) is 5.84 Å². The van der Waals surface area contributed by atoms with Crippen LogP contribution in [0.3, 0.4) is 0 Å². The van der Waals surface area contributed by atoms with E-state index in [2.05, 4.69) is 20.2 Å². The molecule has 0 bridgehead atoms. The van der Waals surface area contributed by atoms with E-state index in [0.717, 1.165) is 44.4 Å². The normalized spacial score (nSPS) is 18.5. The van der Waals surface area contributed by atoms with Crippen LogP contribution in [0.15, 0.2) is 6.20 Å². The van der Waals surface area contributed by atoms with E-state index < -0.39 is 0 Å². The second kappa shape index (κ2) is 6.27. The highest BCUT2D eigenvalue weighted by atomic mass is 32.1. The van der Waals surface area contributed by atoms with Crippen LogP contribution in [-0.2, 0) is 6.54 Å². The van der Waals surface area contributed by atoms with Crippen LogP contribution in [0.5, 0.6) is 0 Å². The number of aliphatic hydroxyl groups is 1. The fraction of sp³-hybridized carbons (Fsp3) is 0.700. The lowest BCUT2D eigenvalue weighted by molar-refractivity contribution is 0.109. The predicted molar refractivity (Wildman–Crippen MR) is 68.7 cm³/mol. The summed E-state index contributed by atoms with van der Waals surface area (Å²) in [6.45, 7) is 6.12. The Labute approximate surface area is 105 Å². The highest BCUT2D eigenvalue weighted by Gasteiger charge is 2.17. The molecule has 0 atom stereocenters. The van der Waals surface area contributed by atoms with Crippen molar-refractivity contribution in [3.8, 4) is 0 Å². The molecule has 0 amide bonds. The molecule has 1 aromatic rings. The van der Waals surface area contributed by atoms with Gasteiger partial charge in [0.25, 0.3) is 0 Å². The molecule has 4 N–H and O–H groups in total. The lowest BCUT2D eigenvalue weighted by Gasteiger charge is -2.33. The molecule has 6 nitrogen and oxygen atoms in total. The highest BCUT2D eigenvalue weighted by Crippen LogP contribution is 2.19. The van der Waals surface area contributed by atoms with Crippen molar-refractivity contribution in [1.82, 2.24) is 14.8 Å². The van der Waals surface area contributed by atoms with Crippen LogP contribution in [0.25, 0.3) is 0 Å². The zero-order valence-corrected chi connectivity index (χ0v) is 10.6. The van der Waals surface area contributed by atoms with Crippen LogP contribution < -0.4 is 11.3 Å². The van der Waals surface area contributed by atoms with Crippen molar-refractivity contribution in [2.45, 2.75) is 6.54 Å². The number of piperazine rings is 1.